The van der Waals surface area contributed by atoms with Gasteiger partial charge in [0.1, 0.15) is 0 Å². The second-order valence-corrected chi connectivity index (χ2v) is 7.58. The fraction of sp³-hybridized carbons (Fsp3) is 0.267. The van der Waals surface area contributed by atoms with Crippen LogP contribution >= 0.6 is 27.3 Å². The number of aromatic nitrogens is 1. The summed E-state index contributed by atoms with van der Waals surface area (Å²) >= 11 is 5.29. The summed E-state index contributed by atoms with van der Waals surface area (Å²) in [6.07, 6.45) is 3.43. The van der Waals surface area contributed by atoms with E-state index in [4.69, 9.17) is 10.9 Å². The van der Waals surface area contributed by atoms with Gasteiger partial charge in [0.15, 0.2) is 0 Å². The number of guanidine groups is 1. The van der Waals surface area contributed by atoms with Crippen molar-refractivity contribution in [1.29, 1.82) is 0 Å². The molecule has 2 heterocycles. The highest BCUT2D eigenvalue weighted by Gasteiger charge is 2.28. The van der Waals surface area contributed by atoms with Crippen LogP contribution in [0.1, 0.15) is 34.7 Å². The molecule has 0 saturated carbocycles. The summed E-state index contributed by atoms with van der Waals surface area (Å²) in [5.74, 6) is 0.147. The van der Waals surface area contributed by atoms with Gasteiger partial charge in [-0.05, 0) is 70.3 Å². The van der Waals surface area contributed by atoms with E-state index in [1.807, 2.05) is 19.2 Å². The van der Waals surface area contributed by atoms with Crippen LogP contribution in [0.15, 0.2) is 37.7 Å². The van der Waals surface area contributed by atoms with Gasteiger partial charge in [-0.1, -0.05) is 0 Å². The smallest absolute Gasteiger partial charge is 0.237 e. The summed E-state index contributed by atoms with van der Waals surface area (Å²) in [5.41, 5.74) is 12.5. The molecule has 3 rings (SSSR count). The van der Waals surface area contributed by atoms with E-state index in [1.54, 1.807) is 16.8 Å². The van der Waals surface area contributed by atoms with Crippen LogP contribution < -0.4 is 11.2 Å². The van der Waals surface area contributed by atoms with E-state index in [1.165, 1.54) is 5.56 Å². The van der Waals surface area contributed by atoms with Crippen LogP contribution in [-0.4, -0.2) is 21.9 Å². The number of nitrogens with zero attached hydrogens (tertiary/aromatic N) is 3. The van der Waals surface area contributed by atoms with Crippen molar-refractivity contribution in [1.82, 2.24) is 10.5 Å². The molecule has 1 aliphatic rings. The van der Waals surface area contributed by atoms with Gasteiger partial charge in [0.05, 0.1) is 15.2 Å². The number of thiophene rings is 1. The van der Waals surface area contributed by atoms with Crippen molar-refractivity contribution in [3.63, 3.8) is 0 Å². The zero-order chi connectivity index (χ0) is 16.4. The number of nitrogens with one attached hydrogen (secondary N) is 1. The van der Waals surface area contributed by atoms with E-state index in [-0.39, 0.29) is 11.9 Å². The van der Waals surface area contributed by atoms with Crippen LogP contribution in [0.3, 0.4) is 0 Å². The first-order valence-corrected chi connectivity index (χ1v) is 8.75. The third-order valence-electron chi connectivity index (χ3n) is 3.88. The molecule has 1 aliphatic carbocycles. The average molecular weight is 394 g/mol. The summed E-state index contributed by atoms with van der Waals surface area (Å²) in [5, 5.41) is 18.9. The predicted octanol–water partition coefficient (Wildman–Crippen LogP) is 2.94. The van der Waals surface area contributed by atoms with Crippen LogP contribution in [0.25, 0.3) is 0 Å². The van der Waals surface area contributed by atoms with Crippen molar-refractivity contribution in [2.75, 3.05) is 0 Å². The molecule has 2 aromatic rings. The van der Waals surface area contributed by atoms with E-state index in [0.29, 0.717) is 0 Å². The van der Waals surface area contributed by atoms with Crippen LogP contribution in [0.4, 0.5) is 0 Å². The molecule has 6 nitrogen and oxygen atoms in total. The molecule has 0 aromatic carbocycles. The van der Waals surface area contributed by atoms with E-state index in [0.717, 1.165) is 39.2 Å². The molecule has 2 aromatic heterocycles. The zero-order valence-electron chi connectivity index (χ0n) is 12.5. The lowest BCUT2D eigenvalue weighted by Gasteiger charge is -2.26. The van der Waals surface area contributed by atoms with E-state index in [9.17, 15) is 0 Å². The normalized spacial score (nSPS) is 19.7. The summed E-state index contributed by atoms with van der Waals surface area (Å²) in [4.78, 5) is 4.53. The van der Waals surface area contributed by atoms with Gasteiger partial charge in [0, 0.05) is 11.8 Å². The van der Waals surface area contributed by atoms with E-state index < -0.39 is 0 Å². The summed E-state index contributed by atoms with van der Waals surface area (Å²) in [6.45, 7) is 2.04. The van der Waals surface area contributed by atoms with Crippen molar-refractivity contribution >= 4 is 38.9 Å². The number of fused-ring (bicyclic) bond motifs is 1. The maximum Gasteiger partial charge on any atom is 0.237 e. The lowest BCUT2D eigenvalue weighted by Crippen LogP contribution is -2.28. The third kappa shape index (κ3) is 3.29. The molecule has 0 radical (unpaired) electrons. The Labute approximate surface area is 146 Å². The van der Waals surface area contributed by atoms with Gasteiger partial charge in [-0.15, -0.1) is 16.4 Å². The minimum Gasteiger partial charge on any atom is -0.367 e. The van der Waals surface area contributed by atoms with Crippen molar-refractivity contribution in [2.24, 2.45) is 15.9 Å². The summed E-state index contributed by atoms with van der Waals surface area (Å²) in [6, 6.07) is 4.09. The number of hydrogen-bond acceptors (Lipinski definition) is 5. The number of nitrogens with two attached hydrogens (primary N) is 1. The fourth-order valence-electron chi connectivity index (χ4n) is 2.85. The minimum atomic E-state index is -0.139. The molecule has 0 spiro atoms. The largest absolute Gasteiger partial charge is 0.367 e. The minimum absolute atomic E-state index is 0.139. The second kappa shape index (κ2) is 6.77. The van der Waals surface area contributed by atoms with Crippen LogP contribution in [-0.2, 0) is 6.42 Å². The average Bonchev–Trinajstić information content (AvgIpc) is 2.98. The highest BCUT2D eigenvalue weighted by molar-refractivity contribution is 9.11. The zero-order valence-corrected chi connectivity index (χ0v) is 14.9. The lowest BCUT2D eigenvalue weighted by atomic mass is 9.81. The van der Waals surface area contributed by atoms with Gasteiger partial charge >= 0.3 is 0 Å². The molecular formula is C15H16BrN5OS. The predicted molar refractivity (Wildman–Crippen MR) is 95.1 cm³/mol. The van der Waals surface area contributed by atoms with Crippen molar-refractivity contribution in [2.45, 2.75) is 25.7 Å². The molecule has 23 heavy (non-hydrogen) atoms. The molecule has 120 valence electrons. The van der Waals surface area contributed by atoms with Gasteiger partial charge < -0.3 is 5.73 Å². The number of hydroxylamine groups is 1. The SMILES string of the molecule is Cc1ccnc2c1C(=NN=C(N)NO)CC(c1ccsc1Br)C2. The number of hydrogen-bond donors (Lipinski definition) is 3. The Morgan fingerprint density at radius 1 is 1.48 bits per heavy atom. The molecule has 0 fully saturated rings. The van der Waals surface area contributed by atoms with Gasteiger partial charge in [-0.25, -0.2) is 5.48 Å². The van der Waals surface area contributed by atoms with Gasteiger partial charge in [0.25, 0.3) is 0 Å². The molecule has 4 N–H and O–H groups in total. The number of aryl methyl sites for hydroxylation is 1. The first-order chi connectivity index (χ1) is 11.1. The molecule has 0 bridgehead atoms. The molecule has 0 saturated heterocycles. The van der Waals surface area contributed by atoms with Crippen molar-refractivity contribution in [3.05, 3.63) is 49.9 Å². The third-order valence-corrected chi connectivity index (χ3v) is 5.62. The van der Waals surface area contributed by atoms with Crippen LogP contribution in [0, 0.1) is 6.92 Å². The Balaban J connectivity index is 2.06. The summed E-state index contributed by atoms with van der Waals surface area (Å²) in [7, 11) is 0. The Morgan fingerprint density at radius 3 is 3.00 bits per heavy atom. The Bertz CT molecular complexity index is 786. The highest BCUT2D eigenvalue weighted by atomic mass is 79.9. The standard InChI is InChI=1S/C15H16BrN5OS/c1-8-2-4-18-11-6-9(10-3-5-23-14(10)16)7-12(13(8)11)19-20-15(17)21-22/h2-5,9,22H,6-7H2,1H3,(H3,17,20,21). The van der Waals surface area contributed by atoms with Crippen molar-refractivity contribution < 1.29 is 5.21 Å². The number of rotatable bonds is 2. The Morgan fingerprint density at radius 2 is 2.30 bits per heavy atom. The molecule has 1 unspecified atom stereocenters. The number of pyridine rings is 1. The van der Waals surface area contributed by atoms with E-state index in [2.05, 4.69) is 42.6 Å². The van der Waals surface area contributed by atoms with Gasteiger partial charge in [-0.3, -0.25) is 10.2 Å². The molecule has 8 heteroatoms. The van der Waals surface area contributed by atoms with Gasteiger partial charge in [-0.2, -0.15) is 5.10 Å². The molecule has 0 aliphatic heterocycles. The Hall–Kier alpha value is -1.77. The molecule has 1 atom stereocenters. The summed E-state index contributed by atoms with van der Waals surface area (Å²) < 4.78 is 1.14. The quantitative estimate of drug-likeness (QED) is 0.415. The van der Waals surface area contributed by atoms with Gasteiger partial charge in [0.2, 0.25) is 5.96 Å². The number of halogens is 1. The van der Waals surface area contributed by atoms with Crippen LogP contribution in [0.2, 0.25) is 0 Å². The fourth-order valence-corrected chi connectivity index (χ4v) is 4.33. The maximum atomic E-state index is 8.76. The Kier molecular flexibility index (Phi) is 4.74. The van der Waals surface area contributed by atoms with Crippen LogP contribution in [0.5, 0.6) is 0 Å². The topological polar surface area (TPSA) is 95.9 Å². The first-order valence-electron chi connectivity index (χ1n) is 7.08. The van der Waals surface area contributed by atoms with E-state index >= 15 is 0 Å². The monoisotopic (exact) mass is 393 g/mol. The highest BCUT2D eigenvalue weighted by Crippen LogP contribution is 2.38. The second-order valence-electron chi connectivity index (χ2n) is 5.35. The lowest BCUT2D eigenvalue weighted by molar-refractivity contribution is 0.232. The molecular weight excluding hydrogens is 378 g/mol. The maximum absolute atomic E-state index is 8.76. The van der Waals surface area contributed by atoms with Crippen molar-refractivity contribution in [3.8, 4) is 0 Å². The molecule has 0 amide bonds. The first kappa shape index (κ1) is 16.1.